The van der Waals surface area contributed by atoms with Crippen molar-refractivity contribution in [3.05, 3.63) is 0 Å². The molecule has 0 atom stereocenters. The van der Waals surface area contributed by atoms with Crippen molar-refractivity contribution in [2.75, 3.05) is 0 Å². The molecule has 0 aliphatic heterocycles. The highest BCUT2D eigenvalue weighted by Gasteiger charge is 2.22. The Morgan fingerprint density at radius 1 is 1.31 bits per heavy atom. The molecule has 0 unspecified atom stereocenters. The van der Waals surface area contributed by atoms with Crippen LogP contribution in [0.5, 0.6) is 0 Å². The fourth-order valence-corrected chi connectivity index (χ4v) is 2.02. The molecule has 0 amide bonds. The van der Waals surface area contributed by atoms with E-state index in [0.717, 1.165) is 25.7 Å². The Bertz CT molecular complexity index is 211. The average Bonchev–Trinajstić information content (AvgIpc) is 2.08. The molecule has 72 valence electrons. The summed E-state index contributed by atoms with van der Waals surface area (Å²) in [5.74, 6) is 0.186. The minimum atomic E-state index is -0.691. The van der Waals surface area contributed by atoms with Gasteiger partial charge in [0.25, 0.3) is 0 Å². The van der Waals surface area contributed by atoms with Gasteiger partial charge in [0.2, 0.25) is 0 Å². The Labute approximate surface area is 78.4 Å². The van der Waals surface area contributed by atoms with Crippen LogP contribution in [0.2, 0.25) is 0 Å². The normalized spacial score (nSPS) is 27.9. The lowest BCUT2D eigenvalue weighted by molar-refractivity contribution is -0.138. The molecule has 0 saturated heterocycles. The molecule has 0 bridgehead atoms. The van der Waals surface area contributed by atoms with Crippen LogP contribution in [0.25, 0.3) is 0 Å². The summed E-state index contributed by atoms with van der Waals surface area (Å²) < 4.78 is 0. The first-order valence-electron chi connectivity index (χ1n) is 4.81. The standard InChI is InChI=1S/C10H15NO2/c11-6-5-8-1-3-9(4-2-8)7-10(12)13/h8-9H,1-5,7H2,(H,12,13). The highest BCUT2D eigenvalue weighted by molar-refractivity contribution is 5.67. The second-order valence-corrected chi connectivity index (χ2v) is 3.85. The SMILES string of the molecule is N#CCC1CCC(CC(=O)O)CC1. The number of rotatable bonds is 3. The van der Waals surface area contributed by atoms with E-state index in [1.54, 1.807) is 0 Å². The maximum absolute atomic E-state index is 10.4. The Morgan fingerprint density at radius 3 is 2.31 bits per heavy atom. The summed E-state index contributed by atoms with van der Waals surface area (Å²) in [4.78, 5) is 10.4. The summed E-state index contributed by atoms with van der Waals surface area (Å²) in [5, 5.41) is 17.1. The molecule has 1 N–H and O–H groups in total. The van der Waals surface area contributed by atoms with Gasteiger partial charge in [-0.15, -0.1) is 0 Å². The Hall–Kier alpha value is -1.04. The summed E-state index contributed by atoms with van der Waals surface area (Å²) in [6, 6.07) is 2.18. The van der Waals surface area contributed by atoms with E-state index in [2.05, 4.69) is 6.07 Å². The molecule has 1 saturated carbocycles. The number of carboxylic acids is 1. The average molecular weight is 181 g/mol. The van der Waals surface area contributed by atoms with E-state index in [-0.39, 0.29) is 0 Å². The molecule has 1 aliphatic rings. The van der Waals surface area contributed by atoms with E-state index in [1.165, 1.54) is 0 Å². The molecule has 1 fully saturated rings. The Balaban J connectivity index is 2.23. The van der Waals surface area contributed by atoms with Crippen molar-refractivity contribution in [1.82, 2.24) is 0 Å². The van der Waals surface area contributed by atoms with Crippen LogP contribution in [0.3, 0.4) is 0 Å². The number of nitrogens with zero attached hydrogens (tertiary/aromatic N) is 1. The molecule has 0 aromatic rings. The van der Waals surface area contributed by atoms with Gasteiger partial charge in [0, 0.05) is 12.8 Å². The van der Waals surface area contributed by atoms with E-state index in [1.807, 2.05) is 0 Å². The lowest BCUT2D eigenvalue weighted by Gasteiger charge is -2.25. The van der Waals surface area contributed by atoms with Crippen LogP contribution < -0.4 is 0 Å². The summed E-state index contributed by atoms with van der Waals surface area (Å²) >= 11 is 0. The molecule has 0 radical (unpaired) electrons. The number of carbonyl (C=O) groups is 1. The number of aliphatic carboxylic acids is 1. The van der Waals surface area contributed by atoms with Crippen molar-refractivity contribution in [2.24, 2.45) is 11.8 Å². The van der Waals surface area contributed by atoms with Crippen molar-refractivity contribution in [2.45, 2.75) is 38.5 Å². The molecule has 0 aromatic heterocycles. The monoisotopic (exact) mass is 181 g/mol. The van der Waals surface area contributed by atoms with Gasteiger partial charge in [-0.2, -0.15) is 5.26 Å². The predicted octanol–water partition coefficient (Wildman–Crippen LogP) is 2.18. The Morgan fingerprint density at radius 2 is 1.85 bits per heavy atom. The maximum Gasteiger partial charge on any atom is 0.303 e. The van der Waals surface area contributed by atoms with E-state index in [9.17, 15) is 4.79 Å². The smallest absolute Gasteiger partial charge is 0.303 e. The highest BCUT2D eigenvalue weighted by Crippen LogP contribution is 2.32. The van der Waals surface area contributed by atoms with Crippen LogP contribution in [0.15, 0.2) is 0 Å². The van der Waals surface area contributed by atoms with Gasteiger partial charge in [0.15, 0.2) is 0 Å². The number of hydrogen-bond donors (Lipinski definition) is 1. The lowest BCUT2D eigenvalue weighted by Crippen LogP contribution is -2.16. The van der Waals surface area contributed by atoms with Crippen molar-refractivity contribution in [3.63, 3.8) is 0 Å². The van der Waals surface area contributed by atoms with E-state index >= 15 is 0 Å². The van der Waals surface area contributed by atoms with Gasteiger partial charge in [-0.25, -0.2) is 0 Å². The zero-order chi connectivity index (χ0) is 9.68. The summed E-state index contributed by atoms with van der Waals surface area (Å²) in [7, 11) is 0. The fourth-order valence-electron chi connectivity index (χ4n) is 2.02. The largest absolute Gasteiger partial charge is 0.481 e. The predicted molar refractivity (Wildman–Crippen MR) is 47.9 cm³/mol. The van der Waals surface area contributed by atoms with Crippen molar-refractivity contribution in [1.29, 1.82) is 5.26 Å². The van der Waals surface area contributed by atoms with Crippen LogP contribution in [0.1, 0.15) is 38.5 Å². The zero-order valence-corrected chi connectivity index (χ0v) is 7.70. The maximum atomic E-state index is 10.4. The third-order valence-corrected chi connectivity index (χ3v) is 2.81. The molecule has 0 aromatic carbocycles. The van der Waals surface area contributed by atoms with Gasteiger partial charge in [0.1, 0.15) is 0 Å². The Kier molecular flexibility index (Phi) is 3.75. The molecule has 13 heavy (non-hydrogen) atoms. The molecule has 3 nitrogen and oxygen atoms in total. The van der Waals surface area contributed by atoms with Gasteiger partial charge in [-0.1, -0.05) is 0 Å². The number of hydrogen-bond acceptors (Lipinski definition) is 2. The summed E-state index contributed by atoms with van der Waals surface area (Å²) in [6.07, 6.45) is 4.98. The van der Waals surface area contributed by atoms with Crippen LogP contribution >= 0.6 is 0 Å². The van der Waals surface area contributed by atoms with Crippen LogP contribution in [-0.2, 0) is 4.79 Å². The second-order valence-electron chi connectivity index (χ2n) is 3.85. The summed E-state index contributed by atoms with van der Waals surface area (Å²) in [6.45, 7) is 0. The van der Waals surface area contributed by atoms with Gasteiger partial charge in [-0.05, 0) is 37.5 Å². The highest BCUT2D eigenvalue weighted by atomic mass is 16.4. The van der Waals surface area contributed by atoms with Crippen molar-refractivity contribution >= 4 is 5.97 Å². The lowest BCUT2D eigenvalue weighted by atomic mass is 9.79. The second kappa shape index (κ2) is 4.86. The first kappa shape index (κ1) is 10.0. The van der Waals surface area contributed by atoms with Gasteiger partial charge >= 0.3 is 5.97 Å². The molecular weight excluding hydrogens is 166 g/mol. The quantitative estimate of drug-likeness (QED) is 0.725. The zero-order valence-electron chi connectivity index (χ0n) is 7.70. The van der Waals surface area contributed by atoms with Gasteiger partial charge < -0.3 is 5.11 Å². The van der Waals surface area contributed by atoms with Crippen LogP contribution in [0, 0.1) is 23.2 Å². The van der Waals surface area contributed by atoms with E-state index < -0.39 is 5.97 Å². The summed E-state index contributed by atoms with van der Waals surface area (Å²) in [5.41, 5.74) is 0. The molecule has 0 heterocycles. The van der Waals surface area contributed by atoms with Crippen LogP contribution in [-0.4, -0.2) is 11.1 Å². The van der Waals surface area contributed by atoms with Gasteiger partial charge in [-0.3, -0.25) is 4.79 Å². The first-order chi connectivity index (χ1) is 6.22. The molecule has 3 heteroatoms. The molecule has 0 spiro atoms. The van der Waals surface area contributed by atoms with Crippen LogP contribution in [0.4, 0.5) is 0 Å². The first-order valence-corrected chi connectivity index (χ1v) is 4.81. The number of nitriles is 1. The van der Waals surface area contributed by atoms with E-state index in [0.29, 0.717) is 24.7 Å². The van der Waals surface area contributed by atoms with Crippen molar-refractivity contribution < 1.29 is 9.90 Å². The minimum absolute atomic E-state index is 0.305. The fraction of sp³-hybridized carbons (Fsp3) is 0.800. The number of carboxylic acid groups (broad SMARTS) is 1. The molecule has 1 aliphatic carbocycles. The molecule has 1 rings (SSSR count). The minimum Gasteiger partial charge on any atom is -0.481 e. The molecular formula is C10H15NO2. The van der Waals surface area contributed by atoms with Gasteiger partial charge in [0.05, 0.1) is 6.07 Å². The topological polar surface area (TPSA) is 61.1 Å². The van der Waals surface area contributed by atoms with Crippen molar-refractivity contribution in [3.8, 4) is 6.07 Å². The third-order valence-electron chi connectivity index (χ3n) is 2.81. The van der Waals surface area contributed by atoms with E-state index in [4.69, 9.17) is 10.4 Å². The third kappa shape index (κ3) is 3.45.